The standard InChI is InChI=1S/C16H22N2O3/c1-18(13-5-3-2-4-6-13)16(19)17-12-7-8-14-15(11-12)21-10-9-20-14/h7-8,11,13H,2-6,9-10H2,1H3,(H,17,19). The maximum absolute atomic E-state index is 12.3. The van der Waals surface area contributed by atoms with Gasteiger partial charge in [-0.1, -0.05) is 19.3 Å². The van der Waals surface area contributed by atoms with Gasteiger partial charge in [0, 0.05) is 24.8 Å². The molecule has 1 aliphatic carbocycles. The molecule has 1 aliphatic heterocycles. The lowest BCUT2D eigenvalue weighted by atomic mass is 9.95. The van der Waals surface area contributed by atoms with Crippen molar-refractivity contribution in [2.75, 3.05) is 25.6 Å². The number of urea groups is 1. The lowest BCUT2D eigenvalue weighted by molar-refractivity contribution is 0.171. The molecule has 0 spiro atoms. The molecule has 1 N–H and O–H groups in total. The maximum Gasteiger partial charge on any atom is 0.321 e. The van der Waals surface area contributed by atoms with Gasteiger partial charge in [0.1, 0.15) is 13.2 Å². The highest BCUT2D eigenvalue weighted by atomic mass is 16.6. The number of amides is 2. The smallest absolute Gasteiger partial charge is 0.321 e. The Bertz CT molecular complexity index is 512. The highest BCUT2D eigenvalue weighted by Crippen LogP contribution is 2.32. The molecule has 114 valence electrons. The van der Waals surface area contributed by atoms with Crippen molar-refractivity contribution in [3.8, 4) is 11.5 Å². The minimum atomic E-state index is -0.0569. The molecule has 0 bridgehead atoms. The van der Waals surface area contributed by atoms with Crippen LogP contribution in [-0.2, 0) is 0 Å². The molecule has 1 aromatic carbocycles. The Kier molecular flexibility index (Phi) is 4.18. The Labute approximate surface area is 125 Å². The van der Waals surface area contributed by atoms with Crippen LogP contribution >= 0.6 is 0 Å². The Morgan fingerprint density at radius 2 is 1.86 bits per heavy atom. The number of carbonyl (C=O) groups is 1. The third-order valence-electron chi connectivity index (χ3n) is 4.24. The van der Waals surface area contributed by atoms with E-state index in [1.807, 2.05) is 30.1 Å². The van der Waals surface area contributed by atoms with Crippen molar-refractivity contribution in [1.29, 1.82) is 0 Å². The molecule has 21 heavy (non-hydrogen) atoms. The van der Waals surface area contributed by atoms with Crippen LogP contribution in [0.3, 0.4) is 0 Å². The van der Waals surface area contributed by atoms with Crippen molar-refractivity contribution < 1.29 is 14.3 Å². The molecule has 2 amide bonds. The molecule has 1 saturated carbocycles. The maximum atomic E-state index is 12.3. The van der Waals surface area contributed by atoms with Gasteiger partial charge < -0.3 is 19.7 Å². The van der Waals surface area contributed by atoms with E-state index in [1.165, 1.54) is 19.3 Å². The largest absolute Gasteiger partial charge is 0.486 e. The number of nitrogens with one attached hydrogen (secondary N) is 1. The van der Waals surface area contributed by atoms with Crippen molar-refractivity contribution in [3.05, 3.63) is 18.2 Å². The van der Waals surface area contributed by atoms with Crippen LogP contribution in [0.4, 0.5) is 10.5 Å². The molecule has 5 nitrogen and oxygen atoms in total. The second-order valence-corrected chi connectivity index (χ2v) is 5.69. The number of anilines is 1. The summed E-state index contributed by atoms with van der Waals surface area (Å²) in [7, 11) is 1.88. The number of benzene rings is 1. The number of fused-ring (bicyclic) bond motifs is 1. The second kappa shape index (κ2) is 6.24. The fourth-order valence-electron chi connectivity index (χ4n) is 2.97. The lowest BCUT2D eigenvalue weighted by Crippen LogP contribution is -2.40. The van der Waals surface area contributed by atoms with Crippen molar-refractivity contribution in [2.45, 2.75) is 38.1 Å². The van der Waals surface area contributed by atoms with Crippen LogP contribution in [0.15, 0.2) is 18.2 Å². The summed E-state index contributed by atoms with van der Waals surface area (Å²) >= 11 is 0. The fraction of sp³-hybridized carbons (Fsp3) is 0.562. The molecule has 1 heterocycles. The average Bonchev–Trinajstić information content (AvgIpc) is 2.55. The number of rotatable bonds is 2. The zero-order chi connectivity index (χ0) is 14.7. The van der Waals surface area contributed by atoms with Gasteiger partial charge in [0.05, 0.1) is 0 Å². The molecule has 2 aliphatic rings. The monoisotopic (exact) mass is 290 g/mol. The van der Waals surface area contributed by atoms with E-state index in [0.29, 0.717) is 25.0 Å². The van der Waals surface area contributed by atoms with Gasteiger partial charge in [0.15, 0.2) is 11.5 Å². The van der Waals surface area contributed by atoms with E-state index >= 15 is 0 Å². The van der Waals surface area contributed by atoms with Gasteiger partial charge in [-0.05, 0) is 25.0 Å². The van der Waals surface area contributed by atoms with E-state index in [2.05, 4.69) is 5.32 Å². The van der Waals surface area contributed by atoms with Gasteiger partial charge in [0.2, 0.25) is 0 Å². The van der Waals surface area contributed by atoms with Crippen molar-refractivity contribution in [3.63, 3.8) is 0 Å². The van der Waals surface area contributed by atoms with Crippen LogP contribution in [0, 0.1) is 0 Å². The number of hydrogen-bond acceptors (Lipinski definition) is 3. The van der Waals surface area contributed by atoms with Crippen LogP contribution in [0.25, 0.3) is 0 Å². The molecule has 1 aromatic rings. The molecule has 0 atom stereocenters. The molecule has 0 aromatic heterocycles. The van der Waals surface area contributed by atoms with Crippen LogP contribution < -0.4 is 14.8 Å². The van der Waals surface area contributed by atoms with Crippen molar-refractivity contribution in [2.24, 2.45) is 0 Å². The summed E-state index contributed by atoms with van der Waals surface area (Å²) in [5.41, 5.74) is 0.743. The molecule has 0 unspecified atom stereocenters. The van der Waals surface area contributed by atoms with Crippen LogP contribution in [-0.4, -0.2) is 37.2 Å². The van der Waals surface area contributed by atoms with Crippen LogP contribution in [0.5, 0.6) is 11.5 Å². The predicted octanol–water partition coefficient (Wildman–Crippen LogP) is 3.25. The fourth-order valence-corrected chi connectivity index (χ4v) is 2.97. The van der Waals surface area contributed by atoms with E-state index in [4.69, 9.17) is 9.47 Å². The van der Waals surface area contributed by atoms with Gasteiger partial charge in [-0.25, -0.2) is 4.79 Å². The van der Waals surface area contributed by atoms with Gasteiger partial charge in [0.25, 0.3) is 0 Å². The minimum absolute atomic E-state index is 0.0569. The van der Waals surface area contributed by atoms with E-state index in [9.17, 15) is 4.79 Å². The first-order chi connectivity index (χ1) is 10.2. The molecular weight excluding hydrogens is 268 g/mol. The van der Waals surface area contributed by atoms with Crippen molar-refractivity contribution >= 4 is 11.7 Å². The zero-order valence-electron chi connectivity index (χ0n) is 12.4. The summed E-state index contributed by atoms with van der Waals surface area (Å²) in [6, 6.07) is 5.81. The Morgan fingerprint density at radius 1 is 1.14 bits per heavy atom. The number of nitrogens with zero attached hydrogens (tertiary/aromatic N) is 1. The van der Waals surface area contributed by atoms with Crippen LogP contribution in [0.1, 0.15) is 32.1 Å². The molecule has 1 fully saturated rings. The molecule has 5 heteroatoms. The van der Waals surface area contributed by atoms with Gasteiger partial charge in [-0.2, -0.15) is 0 Å². The summed E-state index contributed by atoms with van der Waals surface area (Å²) < 4.78 is 11.0. The van der Waals surface area contributed by atoms with E-state index in [-0.39, 0.29) is 6.03 Å². The summed E-state index contributed by atoms with van der Waals surface area (Å²) in [5, 5.41) is 2.94. The molecule has 0 saturated heterocycles. The van der Waals surface area contributed by atoms with Crippen molar-refractivity contribution in [1.82, 2.24) is 4.90 Å². The number of ether oxygens (including phenoxy) is 2. The first-order valence-electron chi connectivity index (χ1n) is 7.67. The lowest BCUT2D eigenvalue weighted by Gasteiger charge is -2.31. The quantitative estimate of drug-likeness (QED) is 0.909. The minimum Gasteiger partial charge on any atom is -0.486 e. The SMILES string of the molecule is CN(C(=O)Nc1ccc2c(c1)OCCO2)C1CCCCC1. The molecule has 3 rings (SSSR count). The topological polar surface area (TPSA) is 50.8 Å². The Hall–Kier alpha value is -1.91. The Balaban J connectivity index is 1.63. The average molecular weight is 290 g/mol. The Morgan fingerprint density at radius 3 is 2.62 bits per heavy atom. The summed E-state index contributed by atoms with van der Waals surface area (Å²) in [4.78, 5) is 14.2. The zero-order valence-corrected chi connectivity index (χ0v) is 12.4. The highest BCUT2D eigenvalue weighted by Gasteiger charge is 2.22. The second-order valence-electron chi connectivity index (χ2n) is 5.69. The first-order valence-corrected chi connectivity index (χ1v) is 7.67. The highest BCUT2D eigenvalue weighted by molar-refractivity contribution is 5.89. The predicted molar refractivity (Wildman–Crippen MR) is 81.1 cm³/mol. The first kappa shape index (κ1) is 14.0. The van der Waals surface area contributed by atoms with E-state index in [0.717, 1.165) is 24.3 Å². The number of carbonyl (C=O) groups excluding carboxylic acids is 1. The van der Waals surface area contributed by atoms with E-state index in [1.54, 1.807) is 0 Å². The molecule has 0 radical (unpaired) electrons. The third kappa shape index (κ3) is 3.23. The summed E-state index contributed by atoms with van der Waals surface area (Å²) in [6.45, 7) is 1.12. The van der Waals surface area contributed by atoms with Gasteiger partial charge >= 0.3 is 6.03 Å². The third-order valence-corrected chi connectivity index (χ3v) is 4.24. The summed E-state index contributed by atoms with van der Waals surface area (Å²) in [5.74, 6) is 1.43. The summed E-state index contributed by atoms with van der Waals surface area (Å²) in [6.07, 6.45) is 5.92. The van der Waals surface area contributed by atoms with Crippen LogP contribution in [0.2, 0.25) is 0 Å². The normalized spacial score (nSPS) is 18.1. The van der Waals surface area contributed by atoms with E-state index < -0.39 is 0 Å². The van der Waals surface area contributed by atoms with Gasteiger partial charge in [-0.3, -0.25) is 0 Å². The number of hydrogen-bond donors (Lipinski definition) is 1. The van der Waals surface area contributed by atoms with Gasteiger partial charge in [-0.15, -0.1) is 0 Å². The molecular formula is C16H22N2O3.